The number of aromatic nitrogens is 3. The van der Waals surface area contributed by atoms with Crippen LogP contribution in [0.25, 0.3) is 11.0 Å². The number of ketones is 1. The Hall–Kier alpha value is -2.04. The fourth-order valence-electron chi connectivity index (χ4n) is 1.98. The Kier molecular flexibility index (Phi) is 4.50. The van der Waals surface area contributed by atoms with Gasteiger partial charge in [0.05, 0.1) is 5.52 Å². The zero-order valence-electron chi connectivity index (χ0n) is 13.1. The smallest absolute Gasteiger partial charge is 0.200 e. The van der Waals surface area contributed by atoms with Crippen molar-refractivity contribution < 1.29 is 4.79 Å². The molecule has 2 aromatic rings. The zero-order valence-corrected chi connectivity index (χ0v) is 13.1. The summed E-state index contributed by atoms with van der Waals surface area (Å²) in [7, 11) is 0. The molecule has 0 unspecified atom stereocenters. The van der Waals surface area contributed by atoms with Gasteiger partial charge in [-0.1, -0.05) is 13.3 Å². The van der Waals surface area contributed by atoms with Crippen LogP contribution < -0.4 is 5.32 Å². The molecule has 1 N–H and O–H groups in total. The SMILES string of the molecule is CCCCC(=O)c1nc(NC(C)(C)C)c2ncccc2n1. The highest BCUT2D eigenvalue weighted by molar-refractivity contribution is 5.96. The largest absolute Gasteiger partial charge is 0.364 e. The molecular formula is C16H22N4O. The summed E-state index contributed by atoms with van der Waals surface area (Å²) in [5.41, 5.74) is 1.22. The number of carbonyl (C=O) groups excluding carboxylic acids is 1. The van der Waals surface area contributed by atoms with Crippen LogP contribution in [0.1, 0.15) is 57.6 Å². The van der Waals surface area contributed by atoms with E-state index in [1.807, 2.05) is 32.9 Å². The fourth-order valence-corrected chi connectivity index (χ4v) is 1.98. The molecule has 0 saturated carbocycles. The van der Waals surface area contributed by atoms with E-state index in [1.165, 1.54) is 0 Å². The predicted molar refractivity (Wildman–Crippen MR) is 84.6 cm³/mol. The van der Waals surface area contributed by atoms with Crippen molar-refractivity contribution in [2.75, 3.05) is 5.32 Å². The normalized spacial score (nSPS) is 11.6. The van der Waals surface area contributed by atoms with Crippen molar-refractivity contribution in [1.29, 1.82) is 0 Å². The lowest BCUT2D eigenvalue weighted by molar-refractivity contribution is 0.0970. The van der Waals surface area contributed by atoms with Crippen LogP contribution in [0.15, 0.2) is 18.3 Å². The van der Waals surface area contributed by atoms with Gasteiger partial charge in [0.25, 0.3) is 0 Å². The average molecular weight is 286 g/mol. The maximum atomic E-state index is 12.2. The van der Waals surface area contributed by atoms with Gasteiger partial charge in [0.15, 0.2) is 17.4 Å². The monoisotopic (exact) mass is 286 g/mol. The minimum Gasteiger partial charge on any atom is -0.364 e. The molecule has 0 aromatic carbocycles. The van der Waals surface area contributed by atoms with Gasteiger partial charge in [-0.2, -0.15) is 0 Å². The van der Waals surface area contributed by atoms with Crippen LogP contribution in [0.4, 0.5) is 5.82 Å². The van der Waals surface area contributed by atoms with Crippen LogP contribution in [0.5, 0.6) is 0 Å². The van der Waals surface area contributed by atoms with Gasteiger partial charge in [-0.15, -0.1) is 0 Å². The Morgan fingerprint density at radius 3 is 2.71 bits per heavy atom. The van der Waals surface area contributed by atoms with Gasteiger partial charge in [0.1, 0.15) is 5.52 Å². The Morgan fingerprint density at radius 1 is 1.29 bits per heavy atom. The third-order valence-electron chi connectivity index (χ3n) is 2.95. The first-order valence-corrected chi connectivity index (χ1v) is 7.35. The number of hydrogen-bond acceptors (Lipinski definition) is 5. The molecule has 0 bridgehead atoms. The van der Waals surface area contributed by atoms with E-state index in [0.29, 0.717) is 23.3 Å². The molecule has 2 aromatic heterocycles. The molecule has 21 heavy (non-hydrogen) atoms. The lowest BCUT2D eigenvalue weighted by atomic mass is 10.1. The number of nitrogens with one attached hydrogen (secondary N) is 1. The van der Waals surface area contributed by atoms with Crippen LogP contribution >= 0.6 is 0 Å². The molecular weight excluding hydrogens is 264 g/mol. The molecule has 5 heteroatoms. The van der Waals surface area contributed by atoms with Gasteiger partial charge in [-0.25, -0.2) is 9.97 Å². The second kappa shape index (κ2) is 6.16. The molecule has 112 valence electrons. The van der Waals surface area contributed by atoms with E-state index in [2.05, 4.69) is 27.2 Å². The van der Waals surface area contributed by atoms with Crippen molar-refractivity contribution in [1.82, 2.24) is 15.0 Å². The van der Waals surface area contributed by atoms with Gasteiger partial charge < -0.3 is 5.32 Å². The van der Waals surface area contributed by atoms with Crippen LogP contribution in [-0.4, -0.2) is 26.3 Å². The number of pyridine rings is 1. The molecule has 0 saturated heterocycles. The van der Waals surface area contributed by atoms with Crippen LogP contribution in [0.3, 0.4) is 0 Å². The van der Waals surface area contributed by atoms with Gasteiger partial charge in [0, 0.05) is 18.2 Å². The van der Waals surface area contributed by atoms with E-state index >= 15 is 0 Å². The summed E-state index contributed by atoms with van der Waals surface area (Å²) >= 11 is 0. The van der Waals surface area contributed by atoms with Crippen molar-refractivity contribution in [3.05, 3.63) is 24.2 Å². The van der Waals surface area contributed by atoms with Gasteiger partial charge >= 0.3 is 0 Å². The van der Waals surface area contributed by atoms with Crippen molar-refractivity contribution in [2.45, 2.75) is 52.5 Å². The third-order valence-corrected chi connectivity index (χ3v) is 2.95. The topological polar surface area (TPSA) is 67.8 Å². The Balaban J connectivity index is 2.46. The van der Waals surface area contributed by atoms with Crippen molar-refractivity contribution in [3.63, 3.8) is 0 Å². The highest BCUT2D eigenvalue weighted by Gasteiger charge is 2.18. The van der Waals surface area contributed by atoms with Crippen LogP contribution in [0.2, 0.25) is 0 Å². The summed E-state index contributed by atoms with van der Waals surface area (Å²) in [6.07, 6.45) is 4.03. The molecule has 0 fully saturated rings. The third kappa shape index (κ3) is 3.97. The minimum atomic E-state index is -0.164. The zero-order chi connectivity index (χ0) is 15.5. The lowest BCUT2D eigenvalue weighted by Gasteiger charge is -2.22. The van der Waals surface area contributed by atoms with E-state index in [0.717, 1.165) is 12.8 Å². The van der Waals surface area contributed by atoms with E-state index in [1.54, 1.807) is 6.20 Å². The van der Waals surface area contributed by atoms with Crippen molar-refractivity contribution in [3.8, 4) is 0 Å². The number of carbonyl (C=O) groups is 1. The van der Waals surface area contributed by atoms with E-state index in [4.69, 9.17) is 0 Å². The standard InChI is InChI=1S/C16H22N4O/c1-5-6-9-12(21)14-18-11-8-7-10-17-13(11)15(19-14)20-16(2,3)4/h7-8,10H,5-6,9H2,1-4H3,(H,18,19,20). The predicted octanol–water partition coefficient (Wildman–Crippen LogP) is 3.61. The Bertz CT molecular complexity index is 646. The molecule has 0 aliphatic carbocycles. The van der Waals surface area contributed by atoms with Gasteiger partial charge in [-0.05, 0) is 39.3 Å². The quantitative estimate of drug-likeness (QED) is 0.850. The van der Waals surface area contributed by atoms with E-state index in [9.17, 15) is 4.79 Å². The Labute approximate surface area is 125 Å². The van der Waals surface area contributed by atoms with Gasteiger partial charge in [-0.3, -0.25) is 9.78 Å². The highest BCUT2D eigenvalue weighted by atomic mass is 16.1. The van der Waals surface area contributed by atoms with Gasteiger partial charge in [0.2, 0.25) is 0 Å². The molecule has 0 aliphatic heterocycles. The first kappa shape index (κ1) is 15.4. The molecule has 0 atom stereocenters. The summed E-state index contributed by atoms with van der Waals surface area (Å²) < 4.78 is 0. The summed E-state index contributed by atoms with van der Waals surface area (Å²) in [6.45, 7) is 8.19. The van der Waals surface area contributed by atoms with E-state index in [-0.39, 0.29) is 17.1 Å². The second-order valence-electron chi connectivity index (χ2n) is 6.17. The summed E-state index contributed by atoms with van der Waals surface area (Å²) in [4.78, 5) is 25.3. The fraction of sp³-hybridized carbons (Fsp3) is 0.500. The molecule has 0 amide bonds. The summed E-state index contributed by atoms with van der Waals surface area (Å²) in [5.74, 6) is 0.878. The molecule has 0 aliphatic rings. The average Bonchev–Trinajstić information content (AvgIpc) is 2.43. The van der Waals surface area contributed by atoms with E-state index < -0.39 is 0 Å². The number of anilines is 1. The number of fused-ring (bicyclic) bond motifs is 1. The first-order chi connectivity index (χ1) is 9.90. The number of unbranched alkanes of at least 4 members (excludes halogenated alkanes) is 1. The summed E-state index contributed by atoms with van der Waals surface area (Å²) in [5, 5.41) is 3.31. The maximum absolute atomic E-state index is 12.2. The Morgan fingerprint density at radius 2 is 2.05 bits per heavy atom. The number of hydrogen-bond donors (Lipinski definition) is 1. The minimum absolute atomic E-state index is 0.0143. The maximum Gasteiger partial charge on any atom is 0.200 e. The van der Waals surface area contributed by atoms with Crippen LogP contribution in [-0.2, 0) is 0 Å². The van der Waals surface area contributed by atoms with Crippen molar-refractivity contribution >= 4 is 22.6 Å². The summed E-state index contributed by atoms with van der Waals surface area (Å²) in [6, 6.07) is 3.67. The lowest BCUT2D eigenvalue weighted by Crippen LogP contribution is -2.27. The molecule has 2 rings (SSSR count). The number of Topliss-reactive ketones (excluding diaryl/α,β-unsaturated/α-hetero) is 1. The molecule has 2 heterocycles. The number of rotatable bonds is 5. The van der Waals surface area contributed by atoms with Crippen LogP contribution in [0, 0.1) is 0 Å². The second-order valence-corrected chi connectivity index (χ2v) is 6.17. The first-order valence-electron chi connectivity index (χ1n) is 7.35. The highest BCUT2D eigenvalue weighted by Crippen LogP contribution is 2.21. The molecule has 5 nitrogen and oxygen atoms in total. The van der Waals surface area contributed by atoms with Crippen molar-refractivity contribution in [2.24, 2.45) is 0 Å². The molecule has 0 spiro atoms. The molecule has 0 radical (unpaired) electrons. The number of nitrogens with zero attached hydrogens (tertiary/aromatic N) is 3.